The third-order valence-electron chi connectivity index (χ3n) is 6.79. The molecule has 0 aliphatic rings. The van der Waals surface area contributed by atoms with Crippen LogP contribution < -0.4 is 0 Å². The molecule has 0 bridgehead atoms. The molecule has 0 radical (unpaired) electrons. The second-order valence-electron chi connectivity index (χ2n) is 11.2. The summed E-state index contributed by atoms with van der Waals surface area (Å²) < 4.78 is 16.3. The van der Waals surface area contributed by atoms with Gasteiger partial charge in [0.15, 0.2) is 6.10 Å². The third-order valence-corrected chi connectivity index (χ3v) is 6.79. The van der Waals surface area contributed by atoms with Crippen LogP contribution in [0.4, 0.5) is 0 Å². The standard InChI is InChI=1S/C32H60O6/c1-5-7-9-14-19-23-30(33)36-26-29(38-32(35)25-21-15-10-8-6-2)27-37-31(34)24-20-17-13-11-12-16-18-22-28(3)4/h28-29H,5-27H2,1-4H3/t29-/m0/s1. The van der Waals surface area contributed by atoms with Gasteiger partial charge in [0.1, 0.15) is 13.2 Å². The van der Waals surface area contributed by atoms with Gasteiger partial charge in [-0.15, -0.1) is 0 Å². The second kappa shape index (κ2) is 27.0. The van der Waals surface area contributed by atoms with Crippen LogP contribution in [-0.2, 0) is 28.6 Å². The summed E-state index contributed by atoms with van der Waals surface area (Å²) in [5.41, 5.74) is 0. The van der Waals surface area contributed by atoms with Crippen molar-refractivity contribution in [2.24, 2.45) is 5.92 Å². The summed E-state index contributed by atoms with van der Waals surface area (Å²) in [7, 11) is 0. The molecule has 0 saturated heterocycles. The van der Waals surface area contributed by atoms with Gasteiger partial charge in [-0.25, -0.2) is 0 Å². The van der Waals surface area contributed by atoms with Crippen LogP contribution in [-0.4, -0.2) is 37.2 Å². The molecule has 1 atom stereocenters. The first-order chi connectivity index (χ1) is 18.4. The lowest BCUT2D eigenvalue weighted by Crippen LogP contribution is -2.30. The summed E-state index contributed by atoms with van der Waals surface area (Å²) in [4.78, 5) is 36.7. The lowest BCUT2D eigenvalue weighted by molar-refractivity contribution is -0.167. The molecule has 0 fully saturated rings. The van der Waals surface area contributed by atoms with Crippen LogP contribution in [0.1, 0.15) is 163 Å². The number of esters is 3. The molecule has 0 heterocycles. The van der Waals surface area contributed by atoms with Crippen LogP contribution in [0.15, 0.2) is 0 Å². The van der Waals surface area contributed by atoms with E-state index in [-0.39, 0.29) is 31.1 Å². The topological polar surface area (TPSA) is 78.9 Å². The smallest absolute Gasteiger partial charge is 0.306 e. The Hall–Kier alpha value is -1.59. The number of unbranched alkanes of at least 4 members (excludes halogenated alkanes) is 14. The van der Waals surface area contributed by atoms with Crippen molar-refractivity contribution < 1.29 is 28.6 Å². The molecule has 0 spiro atoms. The Bertz CT molecular complexity index is 574. The number of ether oxygens (including phenoxy) is 3. The minimum absolute atomic E-state index is 0.0694. The first-order valence-electron chi connectivity index (χ1n) is 15.9. The monoisotopic (exact) mass is 540 g/mol. The number of hydrogen-bond acceptors (Lipinski definition) is 6. The molecule has 38 heavy (non-hydrogen) atoms. The summed E-state index contributed by atoms with van der Waals surface area (Å²) in [5, 5.41) is 0. The molecule has 0 aromatic heterocycles. The van der Waals surface area contributed by atoms with Crippen molar-refractivity contribution in [3.63, 3.8) is 0 Å². The minimum Gasteiger partial charge on any atom is -0.462 e. The Morgan fingerprint density at radius 3 is 1.29 bits per heavy atom. The van der Waals surface area contributed by atoms with E-state index in [1.807, 2.05) is 0 Å². The van der Waals surface area contributed by atoms with Crippen molar-refractivity contribution in [3.8, 4) is 0 Å². The molecule has 0 aromatic carbocycles. The van der Waals surface area contributed by atoms with Crippen molar-refractivity contribution in [1.82, 2.24) is 0 Å². The minimum atomic E-state index is -0.753. The predicted molar refractivity (Wildman–Crippen MR) is 155 cm³/mol. The lowest BCUT2D eigenvalue weighted by Gasteiger charge is -2.18. The average molecular weight is 541 g/mol. The number of carbonyl (C=O) groups is 3. The van der Waals surface area contributed by atoms with E-state index < -0.39 is 6.10 Å². The van der Waals surface area contributed by atoms with Gasteiger partial charge >= 0.3 is 17.9 Å². The van der Waals surface area contributed by atoms with Gasteiger partial charge in [0, 0.05) is 19.3 Å². The van der Waals surface area contributed by atoms with E-state index in [0.29, 0.717) is 19.3 Å². The van der Waals surface area contributed by atoms with Gasteiger partial charge in [0.05, 0.1) is 0 Å². The first kappa shape index (κ1) is 36.4. The maximum atomic E-state index is 12.3. The Morgan fingerprint density at radius 1 is 0.500 bits per heavy atom. The molecule has 6 heteroatoms. The number of rotatable bonds is 27. The average Bonchev–Trinajstić information content (AvgIpc) is 2.88. The fourth-order valence-electron chi connectivity index (χ4n) is 4.33. The molecular weight excluding hydrogens is 480 g/mol. The first-order valence-corrected chi connectivity index (χ1v) is 15.9. The number of carbonyl (C=O) groups excluding carboxylic acids is 3. The second-order valence-corrected chi connectivity index (χ2v) is 11.2. The van der Waals surface area contributed by atoms with E-state index in [1.165, 1.54) is 44.9 Å². The zero-order chi connectivity index (χ0) is 28.3. The van der Waals surface area contributed by atoms with Crippen molar-refractivity contribution >= 4 is 17.9 Å². The fraction of sp³-hybridized carbons (Fsp3) is 0.906. The highest BCUT2D eigenvalue weighted by Gasteiger charge is 2.19. The highest BCUT2D eigenvalue weighted by Crippen LogP contribution is 2.13. The van der Waals surface area contributed by atoms with Crippen molar-refractivity contribution in [2.45, 2.75) is 169 Å². The summed E-state index contributed by atoms with van der Waals surface area (Å²) >= 11 is 0. The molecular formula is C32H60O6. The van der Waals surface area contributed by atoms with Gasteiger partial charge in [-0.1, -0.05) is 124 Å². The zero-order valence-electron chi connectivity index (χ0n) is 25.4. The Labute approximate surface area is 234 Å². The SMILES string of the molecule is CCCCCCCC(=O)OC[C@@H](COC(=O)CCCCCCCCCC(C)C)OC(=O)CCCCCCC. The predicted octanol–water partition coefficient (Wildman–Crippen LogP) is 8.87. The fourth-order valence-corrected chi connectivity index (χ4v) is 4.33. The summed E-state index contributed by atoms with van der Waals surface area (Å²) in [6.07, 6.45) is 20.1. The van der Waals surface area contributed by atoms with E-state index in [0.717, 1.165) is 76.5 Å². The van der Waals surface area contributed by atoms with Gasteiger partial charge in [-0.2, -0.15) is 0 Å². The van der Waals surface area contributed by atoms with Gasteiger partial charge < -0.3 is 14.2 Å². The van der Waals surface area contributed by atoms with Crippen LogP contribution in [0.5, 0.6) is 0 Å². The van der Waals surface area contributed by atoms with E-state index in [4.69, 9.17) is 14.2 Å². The maximum Gasteiger partial charge on any atom is 0.306 e. The molecule has 0 aliphatic heterocycles. The van der Waals surface area contributed by atoms with E-state index in [9.17, 15) is 14.4 Å². The summed E-state index contributed by atoms with van der Waals surface area (Å²) in [5.74, 6) is -0.124. The maximum absolute atomic E-state index is 12.3. The van der Waals surface area contributed by atoms with Crippen LogP contribution in [0, 0.1) is 5.92 Å². The van der Waals surface area contributed by atoms with Crippen molar-refractivity contribution in [1.29, 1.82) is 0 Å². The molecule has 0 aromatic rings. The van der Waals surface area contributed by atoms with Gasteiger partial charge in [-0.05, 0) is 25.2 Å². The molecule has 0 saturated carbocycles. The summed E-state index contributed by atoms with van der Waals surface area (Å²) in [6.45, 7) is 8.71. The van der Waals surface area contributed by atoms with Crippen LogP contribution in [0.25, 0.3) is 0 Å². The highest BCUT2D eigenvalue weighted by atomic mass is 16.6. The molecule has 0 unspecified atom stereocenters. The quantitative estimate of drug-likeness (QED) is 0.0588. The van der Waals surface area contributed by atoms with E-state index in [1.54, 1.807) is 0 Å². The molecule has 0 amide bonds. The molecule has 0 rings (SSSR count). The van der Waals surface area contributed by atoms with Crippen LogP contribution >= 0.6 is 0 Å². The van der Waals surface area contributed by atoms with Gasteiger partial charge in [0.2, 0.25) is 0 Å². The largest absolute Gasteiger partial charge is 0.462 e. The van der Waals surface area contributed by atoms with E-state index >= 15 is 0 Å². The molecule has 224 valence electrons. The van der Waals surface area contributed by atoms with Crippen molar-refractivity contribution in [3.05, 3.63) is 0 Å². The number of hydrogen-bond donors (Lipinski definition) is 0. The molecule has 0 aliphatic carbocycles. The van der Waals surface area contributed by atoms with Crippen LogP contribution in [0.3, 0.4) is 0 Å². The normalized spacial score (nSPS) is 11.9. The molecule has 0 N–H and O–H groups in total. The third kappa shape index (κ3) is 26.0. The molecule has 6 nitrogen and oxygen atoms in total. The zero-order valence-corrected chi connectivity index (χ0v) is 25.4. The van der Waals surface area contributed by atoms with Gasteiger partial charge in [0.25, 0.3) is 0 Å². The Kier molecular flexibility index (Phi) is 25.9. The van der Waals surface area contributed by atoms with Crippen molar-refractivity contribution in [2.75, 3.05) is 13.2 Å². The van der Waals surface area contributed by atoms with E-state index in [2.05, 4.69) is 27.7 Å². The Balaban J connectivity index is 4.28. The van der Waals surface area contributed by atoms with Crippen LogP contribution in [0.2, 0.25) is 0 Å². The Morgan fingerprint density at radius 2 is 0.868 bits per heavy atom. The van der Waals surface area contributed by atoms with Gasteiger partial charge in [-0.3, -0.25) is 14.4 Å². The highest BCUT2D eigenvalue weighted by molar-refractivity contribution is 5.71. The summed E-state index contributed by atoms with van der Waals surface area (Å²) in [6, 6.07) is 0. The lowest BCUT2D eigenvalue weighted by atomic mass is 10.0.